The van der Waals surface area contributed by atoms with Gasteiger partial charge in [-0.2, -0.15) is 5.10 Å². The lowest BCUT2D eigenvalue weighted by Crippen LogP contribution is -2.54. The van der Waals surface area contributed by atoms with Crippen LogP contribution in [0.4, 0.5) is 15.1 Å². The van der Waals surface area contributed by atoms with Crippen LogP contribution in [0.3, 0.4) is 0 Å². The molecule has 19 nitrogen and oxygen atoms in total. The van der Waals surface area contributed by atoms with Gasteiger partial charge in [-0.3, -0.25) is 48.6 Å². The summed E-state index contributed by atoms with van der Waals surface area (Å²) in [6.07, 6.45) is 8.38. The zero-order valence-corrected chi connectivity index (χ0v) is 33.9. The van der Waals surface area contributed by atoms with Crippen molar-refractivity contribution in [3.8, 4) is 11.3 Å². The Hall–Kier alpha value is -5.83. The van der Waals surface area contributed by atoms with Crippen molar-refractivity contribution in [2.24, 2.45) is 13.0 Å². The first-order valence-electron chi connectivity index (χ1n) is 20.2. The second-order valence-electron chi connectivity index (χ2n) is 15.6. The summed E-state index contributed by atoms with van der Waals surface area (Å²) in [6.45, 7) is 0.662. The first kappa shape index (κ1) is 42.3. The summed E-state index contributed by atoms with van der Waals surface area (Å²) in [5.74, 6) is -2.66. The predicted octanol–water partition coefficient (Wildman–Crippen LogP) is 1.94. The van der Waals surface area contributed by atoms with Crippen LogP contribution in [0.25, 0.3) is 11.3 Å². The number of nitrogens with one attached hydrogen (secondary N) is 5. The fraction of sp³-hybridized carbons (Fsp3) is 0.538. The number of fused-ring (bicyclic) bond motifs is 1. The zero-order valence-electron chi connectivity index (χ0n) is 33.1. The minimum absolute atomic E-state index is 0.0223. The lowest BCUT2D eigenvalue weighted by atomic mass is 9.90. The third-order valence-corrected chi connectivity index (χ3v) is 12.4. The number of amides is 7. The Labute approximate surface area is 348 Å². The van der Waals surface area contributed by atoms with Crippen LogP contribution in [0.5, 0.6) is 0 Å². The first-order valence-corrected chi connectivity index (χ1v) is 21.1. The highest BCUT2D eigenvalue weighted by Crippen LogP contribution is 2.36. The van der Waals surface area contributed by atoms with Crippen molar-refractivity contribution in [1.82, 2.24) is 50.8 Å². The summed E-state index contributed by atoms with van der Waals surface area (Å²) in [5, 5.41) is 28.3. The van der Waals surface area contributed by atoms with E-state index in [0.29, 0.717) is 73.9 Å². The number of piperidine rings is 1. The topological polar surface area (TPSA) is 250 Å². The van der Waals surface area contributed by atoms with Crippen molar-refractivity contribution >= 4 is 58.8 Å². The number of carbonyl (C=O) groups excluding carboxylic acids is 6. The van der Waals surface area contributed by atoms with Gasteiger partial charge in [-0.15, -0.1) is 11.3 Å². The standard InChI is InChI=1S/C39H48FN11O8S/c1-49-29(14-21-4-5-21)26(17-45-49)33-27(40)18-44-38(48-33)46-22-6-8-23(9-7-22)50(39(58)59)20-32(54)42-13-3-2-12-41-19-31(53)43-16-24-15-25-34(60-24)37(57)51(36(25)56)28-10-11-30(52)47-35(28)55/h15,17-18,21-23,28,41H,2-14,16,19-20H2,1H3,(H,42,54)(H,43,53)(H,58,59)(H,44,46,48)(H,47,52,55)/t22-,23-,28?. The Morgan fingerprint density at radius 1 is 0.967 bits per heavy atom. The lowest BCUT2D eigenvalue weighted by molar-refractivity contribution is -0.136. The molecule has 3 aromatic heterocycles. The normalized spacial score (nSPS) is 20.2. The van der Waals surface area contributed by atoms with E-state index < -0.39 is 47.5 Å². The highest BCUT2D eigenvalue weighted by molar-refractivity contribution is 7.14. The Bertz CT molecular complexity index is 2130. The number of nitrogens with zero attached hydrogens (tertiary/aromatic N) is 6. The Kier molecular flexibility index (Phi) is 13.1. The third kappa shape index (κ3) is 9.95. The number of hydrogen-bond donors (Lipinski definition) is 6. The monoisotopic (exact) mass is 849 g/mol. The maximum atomic E-state index is 14.9. The largest absolute Gasteiger partial charge is 0.465 e. The van der Waals surface area contributed by atoms with Crippen molar-refractivity contribution in [2.75, 3.05) is 31.5 Å². The summed E-state index contributed by atoms with van der Waals surface area (Å²) in [4.78, 5) is 98.4. The van der Waals surface area contributed by atoms with Crippen molar-refractivity contribution in [2.45, 2.75) is 95.3 Å². The molecule has 6 N–H and O–H groups in total. The minimum Gasteiger partial charge on any atom is -0.465 e. The summed E-state index contributed by atoms with van der Waals surface area (Å²) in [5.41, 5.74) is 1.97. The average molecular weight is 850 g/mol. The highest BCUT2D eigenvalue weighted by atomic mass is 32.1. The van der Waals surface area contributed by atoms with E-state index in [0.717, 1.165) is 47.4 Å². The molecule has 21 heteroatoms. The van der Waals surface area contributed by atoms with Gasteiger partial charge in [0.15, 0.2) is 5.82 Å². The van der Waals surface area contributed by atoms with Gasteiger partial charge in [0, 0.05) is 48.2 Å². The van der Waals surface area contributed by atoms with Crippen LogP contribution in [-0.2, 0) is 39.2 Å². The quantitative estimate of drug-likeness (QED) is 0.0792. The third-order valence-electron chi connectivity index (χ3n) is 11.3. The van der Waals surface area contributed by atoms with Crippen LogP contribution in [0.2, 0.25) is 0 Å². The molecule has 3 aromatic rings. The van der Waals surface area contributed by atoms with Gasteiger partial charge < -0.3 is 26.4 Å². The van der Waals surface area contributed by atoms with Gasteiger partial charge in [-0.25, -0.2) is 19.2 Å². The number of carboxylic acid groups (broad SMARTS) is 1. The van der Waals surface area contributed by atoms with E-state index >= 15 is 0 Å². The van der Waals surface area contributed by atoms with Gasteiger partial charge in [0.25, 0.3) is 11.8 Å². The molecular formula is C39H48FN11O8S. The Morgan fingerprint density at radius 3 is 2.45 bits per heavy atom. The number of rotatable bonds is 18. The molecule has 0 bridgehead atoms. The summed E-state index contributed by atoms with van der Waals surface area (Å²) >= 11 is 1.07. The van der Waals surface area contributed by atoms with Gasteiger partial charge in [0.2, 0.25) is 29.6 Å². The summed E-state index contributed by atoms with van der Waals surface area (Å²) in [7, 11) is 1.85. The van der Waals surface area contributed by atoms with Crippen molar-refractivity contribution in [1.29, 1.82) is 0 Å². The molecule has 2 aliphatic carbocycles. The van der Waals surface area contributed by atoms with Gasteiger partial charge in [0.1, 0.15) is 23.2 Å². The number of aryl methyl sites for hydroxylation is 1. The minimum atomic E-state index is -1.17. The predicted molar refractivity (Wildman–Crippen MR) is 213 cm³/mol. The number of halogens is 1. The number of hydrogen-bond acceptors (Lipinski definition) is 13. The molecule has 1 saturated heterocycles. The van der Waals surface area contributed by atoms with Gasteiger partial charge in [0.05, 0.1) is 31.0 Å². The molecule has 7 amide bonds. The SMILES string of the molecule is Cn1ncc(-c2nc(N[C@H]3CC[C@H](N(CC(=O)NCCCCNCC(=O)NCc4cc5c(s4)C(=O)N(C4CCC(=O)NC4=O)C5=O)C(=O)O)CC3)ncc2F)c1CC1CC1. The van der Waals surface area contributed by atoms with E-state index in [1.165, 1.54) is 11.0 Å². The van der Waals surface area contributed by atoms with Crippen LogP contribution in [0.15, 0.2) is 18.5 Å². The molecule has 2 aliphatic heterocycles. The maximum absolute atomic E-state index is 14.9. The summed E-state index contributed by atoms with van der Waals surface area (Å²) < 4.78 is 16.7. The number of anilines is 1. The Balaban J connectivity index is 0.763. The molecular weight excluding hydrogens is 802 g/mol. The van der Waals surface area contributed by atoms with Crippen LogP contribution in [0, 0.1) is 11.7 Å². The smallest absolute Gasteiger partial charge is 0.408 e. The number of unbranched alkanes of at least 4 members (excludes halogenated alkanes) is 1. The molecule has 1 atom stereocenters. The van der Waals surface area contributed by atoms with Crippen molar-refractivity contribution < 1.29 is 43.1 Å². The molecule has 320 valence electrons. The second-order valence-corrected chi connectivity index (χ2v) is 16.8. The Morgan fingerprint density at radius 2 is 1.73 bits per heavy atom. The second kappa shape index (κ2) is 18.6. The average Bonchev–Trinajstić information content (AvgIpc) is 3.75. The van der Waals surface area contributed by atoms with Gasteiger partial charge in [-0.05, 0) is 82.7 Å². The fourth-order valence-corrected chi connectivity index (χ4v) is 8.87. The van der Waals surface area contributed by atoms with E-state index in [-0.39, 0.29) is 66.6 Å². The van der Waals surface area contributed by atoms with E-state index in [1.54, 1.807) is 10.9 Å². The molecule has 4 aliphatic rings. The van der Waals surface area contributed by atoms with Crippen molar-refractivity contribution in [3.63, 3.8) is 0 Å². The zero-order chi connectivity index (χ0) is 42.5. The molecule has 3 fully saturated rings. The molecule has 1 unspecified atom stereocenters. The molecule has 2 saturated carbocycles. The van der Waals surface area contributed by atoms with E-state index in [1.807, 2.05) is 7.05 Å². The molecule has 0 radical (unpaired) electrons. The van der Waals surface area contributed by atoms with E-state index in [4.69, 9.17) is 0 Å². The number of aromatic nitrogens is 4. The molecule has 7 rings (SSSR count). The van der Waals surface area contributed by atoms with E-state index in [9.17, 15) is 43.1 Å². The van der Waals surface area contributed by atoms with Crippen molar-refractivity contribution in [3.05, 3.63) is 45.3 Å². The molecule has 0 spiro atoms. The highest BCUT2D eigenvalue weighted by Gasteiger charge is 2.46. The molecule has 5 heterocycles. The van der Waals surface area contributed by atoms with Gasteiger partial charge >= 0.3 is 6.09 Å². The van der Waals surface area contributed by atoms with Crippen LogP contribution in [0.1, 0.15) is 94.8 Å². The maximum Gasteiger partial charge on any atom is 0.408 e. The van der Waals surface area contributed by atoms with Crippen LogP contribution < -0.4 is 26.6 Å². The van der Waals surface area contributed by atoms with Crippen LogP contribution in [-0.4, -0.2) is 120 Å². The molecule has 60 heavy (non-hydrogen) atoms. The fourth-order valence-electron chi connectivity index (χ4n) is 7.84. The summed E-state index contributed by atoms with van der Waals surface area (Å²) in [6, 6.07) is 0.106. The van der Waals surface area contributed by atoms with Gasteiger partial charge in [-0.1, -0.05) is 0 Å². The number of thiophene rings is 1. The first-order chi connectivity index (χ1) is 28.9. The lowest BCUT2D eigenvalue weighted by Gasteiger charge is -2.35. The van der Waals surface area contributed by atoms with E-state index in [2.05, 4.69) is 41.7 Å². The van der Waals surface area contributed by atoms with Crippen LogP contribution >= 0.6 is 11.3 Å². The number of carbonyl (C=O) groups is 7. The molecule has 0 aromatic carbocycles. The number of imide groups is 2.